The zero-order valence-corrected chi connectivity index (χ0v) is 17.9. The number of rotatable bonds is 6. The average Bonchev–Trinajstić information content (AvgIpc) is 3.36. The van der Waals surface area contributed by atoms with E-state index in [0.29, 0.717) is 0 Å². The maximum absolute atomic E-state index is 5.65. The first-order valence-electron chi connectivity index (χ1n) is 10.0. The van der Waals surface area contributed by atoms with Gasteiger partial charge in [-0.05, 0) is 36.1 Å². The predicted octanol–water partition coefficient (Wildman–Crippen LogP) is 4.99. The average molecular weight is 421 g/mol. The van der Waals surface area contributed by atoms with Crippen molar-refractivity contribution >= 4 is 50.1 Å². The third kappa shape index (κ3) is 3.92. The summed E-state index contributed by atoms with van der Waals surface area (Å²) in [5.74, 6) is 0.977. The molecule has 6 heteroatoms. The van der Waals surface area contributed by atoms with Crippen molar-refractivity contribution in [1.29, 1.82) is 0 Å². The zero-order chi connectivity index (χ0) is 19.6. The van der Waals surface area contributed by atoms with Gasteiger partial charge in [0.2, 0.25) is 0 Å². The predicted molar refractivity (Wildman–Crippen MR) is 127 cm³/mol. The van der Waals surface area contributed by atoms with Crippen LogP contribution in [-0.2, 0) is 12.8 Å². The number of aromatic nitrogens is 2. The number of benzene rings is 2. The van der Waals surface area contributed by atoms with Crippen molar-refractivity contribution in [1.82, 2.24) is 19.8 Å². The van der Waals surface area contributed by atoms with E-state index < -0.39 is 0 Å². The molecule has 0 atom stereocenters. The molecule has 5 rings (SSSR count). The van der Waals surface area contributed by atoms with Crippen molar-refractivity contribution in [2.45, 2.75) is 12.8 Å². The van der Waals surface area contributed by atoms with Crippen LogP contribution in [0.3, 0.4) is 0 Å². The lowest BCUT2D eigenvalue weighted by atomic mass is 10.1. The molecule has 0 bridgehead atoms. The Morgan fingerprint density at radius 1 is 0.828 bits per heavy atom. The molecule has 0 unspecified atom stereocenters. The number of aromatic amines is 2. The number of H-pyrrole nitrogens is 2. The van der Waals surface area contributed by atoms with Crippen LogP contribution in [0.15, 0.2) is 60.9 Å². The van der Waals surface area contributed by atoms with E-state index in [9.17, 15) is 0 Å². The minimum absolute atomic E-state index is 0.913. The zero-order valence-electron chi connectivity index (χ0n) is 16.2. The lowest BCUT2D eigenvalue weighted by molar-refractivity contribution is 0.215. The number of nitrogens with one attached hydrogen (secondary N) is 2. The van der Waals surface area contributed by atoms with Gasteiger partial charge in [-0.1, -0.05) is 60.4 Å². The van der Waals surface area contributed by atoms with Crippen LogP contribution >= 0.6 is 24.0 Å². The lowest BCUT2D eigenvalue weighted by Crippen LogP contribution is -2.46. The van der Waals surface area contributed by atoms with Crippen LogP contribution < -0.4 is 0 Å². The number of fused-ring (bicyclic) bond motifs is 2. The molecule has 2 aromatic heterocycles. The van der Waals surface area contributed by atoms with E-state index in [1.807, 2.05) is 0 Å². The minimum Gasteiger partial charge on any atom is -0.361 e. The molecule has 29 heavy (non-hydrogen) atoms. The van der Waals surface area contributed by atoms with Crippen LogP contribution in [0.25, 0.3) is 21.8 Å². The molecular formula is C23H24N4S2. The number of thioether (sulfide) groups is 1. The van der Waals surface area contributed by atoms with Gasteiger partial charge in [-0.25, -0.2) is 0 Å². The van der Waals surface area contributed by atoms with Gasteiger partial charge < -0.3 is 14.9 Å². The summed E-state index contributed by atoms with van der Waals surface area (Å²) in [5, 5.41) is 2.66. The molecular weight excluding hydrogens is 396 g/mol. The number of nitrogens with zero attached hydrogens (tertiary/aromatic N) is 2. The molecule has 0 aliphatic carbocycles. The highest BCUT2D eigenvalue weighted by molar-refractivity contribution is 8.22. The summed E-state index contributed by atoms with van der Waals surface area (Å²) >= 11 is 7.43. The second-order valence-electron chi connectivity index (χ2n) is 7.56. The SMILES string of the molecule is S=C1SCN(CCc2c[nH]c3ccccc23)CN1CCc1c[nH]c2ccccc12. The molecule has 1 saturated heterocycles. The van der Waals surface area contributed by atoms with E-state index in [0.717, 1.165) is 42.8 Å². The highest BCUT2D eigenvalue weighted by atomic mass is 32.2. The van der Waals surface area contributed by atoms with Gasteiger partial charge in [-0.15, -0.1) is 0 Å². The maximum Gasteiger partial charge on any atom is 0.138 e. The fourth-order valence-electron chi connectivity index (χ4n) is 4.09. The number of thiocarbonyl (C=S) groups is 1. The van der Waals surface area contributed by atoms with Crippen molar-refractivity contribution in [2.24, 2.45) is 0 Å². The molecule has 2 N–H and O–H groups in total. The largest absolute Gasteiger partial charge is 0.361 e. The summed E-state index contributed by atoms with van der Waals surface area (Å²) in [5.41, 5.74) is 5.18. The van der Waals surface area contributed by atoms with E-state index in [1.54, 1.807) is 11.8 Å². The standard InChI is InChI=1S/C23H24N4S2/c28-23-27(12-10-18-14-25-22-8-4-2-6-20(18)22)15-26(16-29-23)11-9-17-13-24-21-7-3-1-5-19(17)21/h1-8,13-14,24-25H,9-12,15-16H2. The highest BCUT2D eigenvalue weighted by Gasteiger charge is 2.21. The van der Waals surface area contributed by atoms with Crippen molar-refractivity contribution in [3.05, 3.63) is 72.1 Å². The van der Waals surface area contributed by atoms with E-state index in [2.05, 4.69) is 80.7 Å². The summed E-state index contributed by atoms with van der Waals surface area (Å²) < 4.78 is 1.02. The fraction of sp³-hybridized carbons (Fsp3) is 0.261. The van der Waals surface area contributed by atoms with Gasteiger partial charge in [0.15, 0.2) is 0 Å². The number of para-hydroxylation sites is 2. The van der Waals surface area contributed by atoms with Crippen LogP contribution in [0.5, 0.6) is 0 Å². The van der Waals surface area contributed by atoms with Gasteiger partial charge in [-0.2, -0.15) is 0 Å². The second kappa shape index (κ2) is 8.22. The Balaban J connectivity index is 1.20. The van der Waals surface area contributed by atoms with Crippen LogP contribution in [0, 0.1) is 0 Å². The van der Waals surface area contributed by atoms with Gasteiger partial charge in [0.1, 0.15) is 4.32 Å². The van der Waals surface area contributed by atoms with E-state index >= 15 is 0 Å². The highest BCUT2D eigenvalue weighted by Crippen LogP contribution is 2.23. The summed E-state index contributed by atoms with van der Waals surface area (Å²) in [4.78, 5) is 11.6. The van der Waals surface area contributed by atoms with Crippen LogP contribution in [-0.4, -0.2) is 49.7 Å². The molecule has 0 saturated carbocycles. The molecule has 2 aromatic carbocycles. The molecule has 0 spiro atoms. The fourth-order valence-corrected chi connectivity index (χ4v) is 5.23. The molecule has 4 aromatic rings. The van der Waals surface area contributed by atoms with E-state index in [1.165, 1.54) is 32.9 Å². The Kier molecular flexibility index (Phi) is 5.31. The van der Waals surface area contributed by atoms with Gasteiger partial charge in [0.05, 0.1) is 12.5 Å². The normalized spacial score (nSPS) is 15.6. The molecule has 1 aliphatic heterocycles. The van der Waals surface area contributed by atoms with Crippen LogP contribution in [0.2, 0.25) is 0 Å². The Morgan fingerprint density at radius 3 is 2.07 bits per heavy atom. The topological polar surface area (TPSA) is 38.1 Å². The van der Waals surface area contributed by atoms with Crippen LogP contribution in [0.1, 0.15) is 11.1 Å². The number of hydrogen-bond donors (Lipinski definition) is 2. The first-order valence-corrected chi connectivity index (χ1v) is 11.4. The summed E-state index contributed by atoms with van der Waals surface area (Å²) in [7, 11) is 0. The Labute approximate surface area is 180 Å². The Morgan fingerprint density at radius 2 is 1.41 bits per heavy atom. The monoisotopic (exact) mass is 420 g/mol. The second-order valence-corrected chi connectivity index (χ2v) is 9.14. The van der Waals surface area contributed by atoms with Gasteiger partial charge >= 0.3 is 0 Å². The minimum atomic E-state index is 0.913. The van der Waals surface area contributed by atoms with Crippen molar-refractivity contribution in [2.75, 3.05) is 25.6 Å². The molecule has 4 nitrogen and oxygen atoms in total. The van der Waals surface area contributed by atoms with E-state index in [4.69, 9.17) is 12.2 Å². The molecule has 1 fully saturated rings. The summed E-state index contributed by atoms with van der Waals surface area (Å²) in [6.45, 7) is 2.91. The van der Waals surface area contributed by atoms with Gasteiger partial charge in [-0.3, -0.25) is 4.90 Å². The third-order valence-corrected chi connectivity index (χ3v) is 7.31. The van der Waals surface area contributed by atoms with Crippen molar-refractivity contribution < 1.29 is 0 Å². The molecule has 148 valence electrons. The maximum atomic E-state index is 5.65. The Bertz CT molecular complexity index is 1150. The quantitative estimate of drug-likeness (QED) is 0.431. The first-order chi connectivity index (χ1) is 14.3. The van der Waals surface area contributed by atoms with Crippen molar-refractivity contribution in [3.8, 4) is 0 Å². The molecule has 0 radical (unpaired) electrons. The van der Waals surface area contributed by atoms with Crippen LogP contribution in [0.4, 0.5) is 0 Å². The Hall–Kier alpha value is -2.28. The lowest BCUT2D eigenvalue weighted by Gasteiger charge is -2.36. The number of hydrogen-bond acceptors (Lipinski definition) is 3. The third-order valence-electron chi connectivity index (χ3n) is 5.70. The van der Waals surface area contributed by atoms with E-state index in [-0.39, 0.29) is 0 Å². The molecule has 0 amide bonds. The smallest absolute Gasteiger partial charge is 0.138 e. The summed E-state index contributed by atoms with van der Waals surface area (Å²) in [6, 6.07) is 17.0. The summed E-state index contributed by atoms with van der Waals surface area (Å²) in [6.07, 6.45) is 6.34. The van der Waals surface area contributed by atoms with Crippen molar-refractivity contribution in [3.63, 3.8) is 0 Å². The molecule has 3 heterocycles. The first kappa shape index (κ1) is 18.7. The molecule has 1 aliphatic rings. The van der Waals surface area contributed by atoms with Gasteiger partial charge in [0.25, 0.3) is 0 Å². The van der Waals surface area contributed by atoms with Gasteiger partial charge in [0, 0.05) is 47.3 Å².